The number of carbonyl (C=O) groups excluding carboxylic acids is 3. The molecule has 0 bridgehead atoms. The van der Waals surface area contributed by atoms with Gasteiger partial charge in [-0.15, -0.1) is 0 Å². The van der Waals surface area contributed by atoms with Crippen LogP contribution in [-0.4, -0.2) is 34.7 Å². The number of hydrogen-bond acceptors (Lipinski definition) is 6. The molecule has 0 spiro atoms. The SMILES string of the molecule is COC1=CC(=O)c2c(O)cc(CC(C)=O)c(O)c2C1=O. The molecule has 1 aromatic carbocycles. The van der Waals surface area contributed by atoms with Crippen LogP contribution in [-0.2, 0) is 16.0 Å². The number of methoxy groups -OCH3 is 1. The largest absolute Gasteiger partial charge is 0.507 e. The smallest absolute Gasteiger partial charge is 0.232 e. The summed E-state index contributed by atoms with van der Waals surface area (Å²) in [5.74, 6) is -2.75. The van der Waals surface area contributed by atoms with Gasteiger partial charge in [-0.25, -0.2) is 0 Å². The number of Topliss-reactive ketones (excluding diaryl/α,β-unsaturated/α-hetero) is 2. The zero-order valence-corrected chi connectivity index (χ0v) is 10.9. The fraction of sp³-hybridized carbons (Fsp3) is 0.214. The molecule has 2 N–H and O–H groups in total. The van der Waals surface area contributed by atoms with Crippen molar-refractivity contribution in [2.24, 2.45) is 0 Å². The first-order chi connectivity index (χ1) is 9.36. The molecule has 20 heavy (non-hydrogen) atoms. The van der Waals surface area contributed by atoms with Crippen molar-refractivity contribution in [2.45, 2.75) is 13.3 Å². The molecule has 0 fully saturated rings. The van der Waals surface area contributed by atoms with Crippen molar-refractivity contribution in [3.05, 3.63) is 34.6 Å². The first kappa shape index (κ1) is 13.8. The summed E-state index contributed by atoms with van der Waals surface area (Å²) < 4.78 is 4.78. The van der Waals surface area contributed by atoms with Gasteiger partial charge in [0.2, 0.25) is 5.78 Å². The van der Waals surface area contributed by atoms with Crippen LogP contribution in [0.5, 0.6) is 11.5 Å². The molecular weight excluding hydrogens is 264 g/mol. The van der Waals surface area contributed by atoms with E-state index in [1.165, 1.54) is 14.0 Å². The minimum atomic E-state index is -0.708. The van der Waals surface area contributed by atoms with E-state index in [4.69, 9.17) is 4.74 Å². The highest BCUT2D eigenvalue weighted by molar-refractivity contribution is 6.26. The van der Waals surface area contributed by atoms with Crippen LogP contribution in [0.3, 0.4) is 0 Å². The van der Waals surface area contributed by atoms with Gasteiger partial charge in [0.1, 0.15) is 17.3 Å². The summed E-state index contributed by atoms with van der Waals surface area (Å²) in [6.45, 7) is 1.31. The number of aromatic hydroxyl groups is 2. The second-order valence-electron chi connectivity index (χ2n) is 4.44. The Labute approximate surface area is 114 Å². The fourth-order valence-electron chi connectivity index (χ4n) is 2.12. The standard InChI is InChI=1S/C14H12O6/c1-6(15)3-7-4-8(16)11-9(17)5-10(20-2)14(19)12(11)13(7)18/h4-5,16,18H,3H2,1-2H3. The van der Waals surface area contributed by atoms with Crippen LogP contribution in [0.1, 0.15) is 33.2 Å². The van der Waals surface area contributed by atoms with Gasteiger partial charge in [0, 0.05) is 18.1 Å². The van der Waals surface area contributed by atoms with Crippen molar-refractivity contribution in [3.63, 3.8) is 0 Å². The molecule has 0 atom stereocenters. The summed E-state index contributed by atoms with van der Waals surface area (Å²) in [6, 6.07) is 1.12. The quantitative estimate of drug-likeness (QED) is 0.803. The molecule has 0 aromatic heterocycles. The van der Waals surface area contributed by atoms with Crippen molar-refractivity contribution in [1.29, 1.82) is 0 Å². The third-order valence-corrected chi connectivity index (χ3v) is 2.98. The van der Waals surface area contributed by atoms with Gasteiger partial charge in [-0.1, -0.05) is 0 Å². The number of benzene rings is 1. The van der Waals surface area contributed by atoms with E-state index in [9.17, 15) is 24.6 Å². The third kappa shape index (κ3) is 2.05. The van der Waals surface area contributed by atoms with Crippen LogP contribution in [0.15, 0.2) is 17.9 Å². The van der Waals surface area contributed by atoms with Gasteiger partial charge in [-0.3, -0.25) is 14.4 Å². The van der Waals surface area contributed by atoms with Crippen molar-refractivity contribution < 1.29 is 29.3 Å². The maximum Gasteiger partial charge on any atom is 0.232 e. The van der Waals surface area contributed by atoms with Crippen LogP contribution < -0.4 is 0 Å². The lowest BCUT2D eigenvalue weighted by atomic mass is 9.89. The lowest BCUT2D eigenvalue weighted by molar-refractivity contribution is -0.116. The number of ether oxygens (including phenoxy) is 1. The zero-order valence-electron chi connectivity index (χ0n) is 10.9. The molecule has 104 valence electrons. The lowest BCUT2D eigenvalue weighted by Gasteiger charge is -2.18. The summed E-state index contributed by atoms with van der Waals surface area (Å²) >= 11 is 0. The Kier molecular flexibility index (Phi) is 3.31. The van der Waals surface area contributed by atoms with Crippen LogP contribution in [0.25, 0.3) is 0 Å². The minimum Gasteiger partial charge on any atom is -0.507 e. The summed E-state index contributed by atoms with van der Waals surface area (Å²) in [5, 5.41) is 19.9. The Balaban J connectivity index is 2.71. The number of rotatable bonds is 3. The van der Waals surface area contributed by atoms with Gasteiger partial charge in [0.15, 0.2) is 11.5 Å². The maximum atomic E-state index is 12.1. The average Bonchev–Trinajstić information content (AvgIpc) is 2.37. The van der Waals surface area contributed by atoms with Crippen molar-refractivity contribution in [3.8, 4) is 11.5 Å². The lowest BCUT2D eigenvalue weighted by Crippen LogP contribution is -2.19. The Morgan fingerprint density at radius 2 is 1.90 bits per heavy atom. The highest BCUT2D eigenvalue weighted by Crippen LogP contribution is 2.38. The van der Waals surface area contributed by atoms with E-state index < -0.39 is 23.1 Å². The molecule has 1 aromatic rings. The normalized spacial score (nSPS) is 13.8. The van der Waals surface area contributed by atoms with Gasteiger partial charge in [-0.2, -0.15) is 0 Å². The number of ketones is 3. The first-order valence-corrected chi connectivity index (χ1v) is 5.78. The van der Waals surface area contributed by atoms with E-state index in [0.717, 1.165) is 12.1 Å². The summed E-state index contributed by atoms with van der Waals surface area (Å²) in [6.07, 6.45) is 0.800. The van der Waals surface area contributed by atoms with Crippen molar-refractivity contribution >= 4 is 17.3 Å². The molecular formula is C14H12O6. The predicted octanol–water partition coefficient (Wildman–Crippen LogP) is 1.14. The van der Waals surface area contributed by atoms with E-state index in [2.05, 4.69) is 0 Å². The first-order valence-electron chi connectivity index (χ1n) is 5.78. The number of phenolic OH excluding ortho intramolecular Hbond substituents is 2. The van der Waals surface area contributed by atoms with Gasteiger partial charge in [0.25, 0.3) is 0 Å². The molecule has 0 saturated heterocycles. The van der Waals surface area contributed by atoms with Gasteiger partial charge in [-0.05, 0) is 13.0 Å². The van der Waals surface area contributed by atoms with E-state index in [-0.39, 0.29) is 34.7 Å². The number of fused-ring (bicyclic) bond motifs is 1. The van der Waals surface area contributed by atoms with Gasteiger partial charge in [0.05, 0.1) is 18.2 Å². The molecule has 0 radical (unpaired) electrons. The molecule has 0 aliphatic heterocycles. The van der Waals surface area contributed by atoms with Gasteiger partial charge < -0.3 is 14.9 Å². The van der Waals surface area contributed by atoms with Crippen molar-refractivity contribution in [2.75, 3.05) is 7.11 Å². The number of allylic oxidation sites excluding steroid dienone is 2. The number of hydrogen-bond donors (Lipinski definition) is 2. The monoisotopic (exact) mass is 276 g/mol. The fourth-order valence-corrected chi connectivity index (χ4v) is 2.12. The molecule has 1 aliphatic carbocycles. The summed E-state index contributed by atoms with van der Waals surface area (Å²) in [7, 11) is 1.22. The predicted molar refractivity (Wildman–Crippen MR) is 67.9 cm³/mol. The van der Waals surface area contributed by atoms with Crippen LogP contribution in [0.2, 0.25) is 0 Å². The Morgan fingerprint density at radius 1 is 1.25 bits per heavy atom. The second kappa shape index (κ2) is 4.80. The van der Waals surface area contributed by atoms with Crippen LogP contribution in [0.4, 0.5) is 0 Å². The maximum absolute atomic E-state index is 12.1. The average molecular weight is 276 g/mol. The Bertz CT molecular complexity index is 669. The molecule has 0 heterocycles. The third-order valence-electron chi connectivity index (χ3n) is 2.98. The topological polar surface area (TPSA) is 101 Å². The summed E-state index contributed by atoms with van der Waals surface area (Å²) in [4.78, 5) is 35.1. The highest BCUT2D eigenvalue weighted by Gasteiger charge is 2.33. The molecule has 1 aliphatic rings. The second-order valence-corrected chi connectivity index (χ2v) is 4.44. The molecule has 0 saturated carbocycles. The van der Waals surface area contributed by atoms with Crippen LogP contribution >= 0.6 is 0 Å². The number of phenols is 2. The van der Waals surface area contributed by atoms with Crippen molar-refractivity contribution in [1.82, 2.24) is 0 Å². The Hall–Kier alpha value is -2.63. The molecule has 0 amide bonds. The molecule has 6 nitrogen and oxygen atoms in total. The molecule has 0 unspecified atom stereocenters. The van der Waals surface area contributed by atoms with E-state index in [0.29, 0.717) is 0 Å². The molecule has 6 heteroatoms. The van der Waals surface area contributed by atoms with E-state index >= 15 is 0 Å². The summed E-state index contributed by atoms with van der Waals surface area (Å²) in [5.41, 5.74) is -0.515. The van der Waals surface area contributed by atoms with E-state index in [1.54, 1.807) is 0 Å². The Morgan fingerprint density at radius 3 is 2.45 bits per heavy atom. The minimum absolute atomic E-state index is 0.0900. The van der Waals surface area contributed by atoms with E-state index in [1.807, 2.05) is 0 Å². The zero-order chi connectivity index (χ0) is 15.0. The van der Waals surface area contributed by atoms with Gasteiger partial charge >= 0.3 is 0 Å². The van der Waals surface area contributed by atoms with Crippen LogP contribution in [0, 0.1) is 0 Å². The highest BCUT2D eigenvalue weighted by atomic mass is 16.5. The number of carbonyl (C=O) groups is 3. The molecule has 2 rings (SSSR count).